The molecule has 1 aromatic heterocycles. The lowest BCUT2D eigenvalue weighted by Crippen LogP contribution is -2.23. The number of nitrogens with zero attached hydrogens (tertiary/aromatic N) is 1. The van der Waals surface area contributed by atoms with Crippen LogP contribution in [0, 0.1) is 12.8 Å². The van der Waals surface area contributed by atoms with Gasteiger partial charge >= 0.3 is 0 Å². The molecule has 0 spiro atoms. The van der Waals surface area contributed by atoms with Gasteiger partial charge in [-0.2, -0.15) is 0 Å². The highest BCUT2D eigenvalue weighted by Crippen LogP contribution is 2.21. The van der Waals surface area contributed by atoms with Crippen LogP contribution in [0.4, 0.5) is 0 Å². The third-order valence-electron chi connectivity index (χ3n) is 3.36. The molecule has 19 heavy (non-hydrogen) atoms. The number of H-pyrrole nitrogens is 1. The van der Waals surface area contributed by atoms with E-state index in [1.807, 2.05) is 0 Å². The first-order valence-corrected chi connectivity index (χ1v) is 6.94. The average Bonchev–Trinajstić information content (AvgIpc) is 2.81. The lowest BCUT2D eigenvalue weighted by molar-refractivity contribution is 0.426. The first-order chi connectivity index (χ1) is 9.16. The van der Waals surface area contributed by atoms with Gasteiger partial charge in [0.1, 0.15) is 0 Å². The van der Waals surface area contributed by atoms with Crippen LogP contribution in [0.25, 0.3) is 0 Å². The van der Waals surface area contributed by atoms with Gasteiger partial charge in [0, 0.05) is 18.3 Å². The maximum Gasteiger partial charge on any atom is 0.0925 e. The van der Waals surface area contributed by atoms with Crippen LogP contribution in [0.2, 0.25) is 0 Å². The molecule has 3 heteroatoms. The normalized spacial score (nSPS) is 12.8. The molecule has 2 N–H and O–H groups in total. The van der Waals surface area contributed by atoms with E-state index >= 15 is 0 Å². The highest BCUT2D eigenvalue weighted by molar-refractivity contribution is 5.19. The van der Waals surface area contributed by atoms with Crippen molar-refractivity contribution in [1.29, 1.82) is 0 Å². The van der Waals surface area contributed by atoms with Gasteiger partial charge < -0.3 is 10.3 Å². The number of rotatable bonds is 6. The summed E-state index contributed by atoms with van der Waals surface area (Å²) in [5.74, 6) is 0.665. The molecule has 0 bridgehead atoms. The minimum absolute atomic E-state index is 0.386. The molecule has 0 aliphatic rings. The van der Waals surface area contributed by atoms with E-state index in [4.69, 9.17) is 0 Å². The molecule has 0 fully saturated rings. The number of hydrogen-bond donors (Lipinski definition) is 2. The largest absolute Gasteiger partial charge is 0.348 e. The van der Waals surface area contributed by atoms with Crippen molar-refractivity contribution in [3.05, 3.63) is 53.6 Å². The number of hydrogen-bond acceptors (Lipinski definition) is 2. The highest BCUT2D eigenvalue weighted by atomic mass is 15.0. The number of aryl methyl sites for hydroxylation is 1. The SMILES string of the molecule is Cc1[nH]cnc1CNC(CC(C)C)c1ccccc1. The number of benzene rings is 1. The molecule has 0 radical (unpaired) electrons. The van der Waals surface area contributed by atoms with Crippen LogP contribution in [0.1, 0.15) is 43.3 Å². The maximum absolute atomic E-state index is 4.34. The van der Waals surface area contributed by atoms with Gasteiger partial charge in [-0.3, -0.25) is 0 Å². The minimum atomic E-state index is 0.386. The Bertz CT molecular complexity index is 488. The molecule has 0 aliphatic carbocycles. The Morgan fingerprint density at radius 2 is 1.95 bits per heavy atom. The zero-order valence-corrected chi connectivity index (χ0v) is 12.0. The van der Waals surface area contributed by atoms with Crippen molar-refractivity contribution in [2.75, 3.05) is 0 Å². The minimum Gasteiger partial charge on any atom is -0.348 e. The van der Waals surface area contributed by atoms with Crippen LogP contribution in [0.15, 0.2) is 36.7 Å². The summed E-state index contributed by atoms with van der Waals surface area (Å²) in [6.45, 7) is 7.39. The Kier molecular flexibility index (Phi) is 4.74. The van der Waals surface area contributed by atoms with Crippen LogP contribution in [0.5, 0.6) is 0 Å². The van der Waals surface area contributed by atoms with Gasteiger partial charge in [0.25, 0.3) is 0 Å². The molecule has 0 aliphatic heterocycles. The standard InChI is InChI=1S/C16H23N3/c1-12(2)9-15(14-7-5-4-6-8-14)17-10-16-13(3)18-11-19-16/h4-8,11-12,15,17H,9-10H2,1-3H3,(H,18,19). The molecule has 2 aromatic rings. The van der Waals surface area contributed by atoms with E-state index in [1.165, 1.54) is 5.56 Å². The molecule has 1 atom stereocenters. The van der Waals surface area contributed by atoms with Crippen molar-refractivity contribution in [1.82, 2.24) is 15.3 Å². The van der Waals surface area contributed by atoms with E-state index in [1.54, 1.807) is 6.33 Å². The summed E-state index contributed by atoms with van der Waals surface area (Å²) in [5, 5.41) is 3.63. The number of imidazole rings is 1. The van der Waals surface area contributed by atoms with Gasteiger partial charge in [-0.15, -0.1) is 0 Å². The van der Waals surface area contributed by atoms with E-state index in [-0.39, 0.29) is 0 Å². The van der Waals surface area contributed by atoms with Gasteiger partial charge in [-0.25, -0.2) is 4.98 Å². The molecule has 1 unspecified atom stereocenters. The summed E-state index contributed by atoms with van der Waals surface area (Å²) in [6, 6.07) is 11.0. The summed E-state index contributed by atoms with van der Waals surface area (Å²) < 4.78 is 0. The number of aromatic nitrogens is 2. The predicted molar refractivity (Wildman–Crippen MR) is 78.8 cm³/mol. The van der Waals surface area contributed by atoms with Crippen LogP contribution in [0.3, 0.4) is 0 Å². The van der Waals surface area contributed by atoms with Crippen LogP contribution in [-0.2, 0) is 6.54 Å². The van der Waals surface area contributed by atoms with Crippen molar-refractivity contribution < 1.29 is 0 Å². The summed E-state index contributed by atoms with van der Waals surface area (Å²) >= 11 is 0. The maximum atomic E-state index is 4.34. The first kappa shape index (κ1) is 13.8. The summed E-state index contributed by atoms with van der Waals surface area (Å²) in [4.78, 5) is 7.46. The smallest absolute Gasteiger partial charge is 0.0925 e. The van der Waals surface area contributed by atoms with E-state index in [2.05, 4.69) is 66.4 Å². The van der Waals surface area contributed by atoms with Crippen molar-refractivity contribution in [2.24, 2.45) is 5.92 Å². The summed E-state index contributed by atoms with van der Waals surface area (Å²) in [6.07, 6.45) is 2.89. The Balaban J connectivity index is 2.04. The van der Waals surface area contributed by atoms with Crippen molar-refractivity contribution in [3.8, 4) is 0 Å². The quantitative estimate of drug-likeness (QED) is 0.830. The lowest BCUT2D eigenvalue weighted by Gasteiger charge is -2.21. The predicted octanol–water partition coefficient (Wildman–Crippen LogP) is 3.60. The second-order valence-corrected chi connectivity index (χ2v) is 5.45. The van der Waals surface area contributed by atoms with E-state index in [0.29, 0.717) is 12.0 Å². The second-order valence-electron chi connectivity index (χ2n) is 5.45. The zero-order chi connectivity index (χ0) is 13.7. The molecule has 1 aromatic carbocycles. The zero-order valence-electron chi connectivity index (χ0n) is 12.0. The molecule has 1 heterocycles. The van der Waals surface area contributed by atoms with E-state index < -0.39 is 0 Å². The molecule has 0 saturated heterocycles. The second kappa shape index (κ2) is 6.53. The summed E-state index contributed by atoms with van der Waals surface area (Å²) in [7, 11) is 0. The van der Waals surface area contributed by atoms with Crippen LogP contribution in [-0.4, -0.2) is 9.97 Å². The first-order valence-electron chi connectivity index (χ1n) is 6.94. The molecule has 2 rings (SSSR count). The average molecular weight is 257 g/mol. The number of nitrogens with one attached hydrogen (secondary N) is 2. The van der Waals surface area contributed by atoms with Crippen molar-refractivity contribution in [3.63, 3.8) is 0 Å². The van der Waals surface area contributed by atoms with Gasteiger partial charge in [-0.05, 0) is 24.8 Å². The third-order valence-corrected chi connectivity index (χ3v) is 3.36. The topological polar surface area (TPSA) is 40.7 Å². The fourth-order valence-electron chi connectivity index (χ4n) is 2.28. The Labute approximate surface area is 115 Å². The molecule has 3 nitrogen and oxygen atoms in total. The van der Waals surface area contributed by atoms with E-state index in [9.17, 15) is 0 Å². The molecule has 102 valence electrons. The van der Waals surface area contributed by atoms with Crippen molar-refractivity contribution >= 4 is 0 Å². The van der Waals surface area contributed by atoms with Gasteiger partial charge in [-0.1, -0.05) is 44.2 Å². The molecule has 0 saturated carbocycles. The monoisotopic (exact) mass is 257 g/mol. The fourth-order valence-corrected chi connectivity index (χ4v) is 2.28. The number of aromatic amines is 1. The Morgan fingerprint density at radius 1 is 1.21 bits per heavy atom. The van der Waals surface area contributed by atoms with Gasteiger partial charge in [0.05, 0.1) is 12.0 Å². The van der Waals surface area contributed by atoms with Crippen molar-refractivity contribution in [2.45, 2.75) is 39.8 Å². The Hall–Kier alpha value is -1.61. The van der Waals surface area contributed by atoms with Crippen LogP contribution < -0.4 is 5.32 Å². The van der Waals surface area contributed by atoms with Gasteiger partial charge in [0.2, 0.25) is 0 Å². The van der Waals surface area contributed by atoms with E-state index in [0.717, 1.165) is 24.4 Å². The Morgan fingerprint density at radius 3 is 2.53 bits per heavy atom. The molecular formula is C16H23N3. The third kappa shape index (κ3) is 3.93. The molecule has 0 amide bonds. The highest BCUT2D eigenvalue weighted by Gasteiger charge is 2.13. The van der Waals surface area contributed by atoms with Crippen LogP contribution >= 0.6 is 0 Å². The molecular weight excluding hydrogens is 234 g/mol. The lowest BCUT2D eigenvalue weighted by atomic mass is 9.97. The van der Waals surface area contributed by atoms with Gasteiger partial charge in [0.15, 0.2) is 0 Å². The summed E-state index contributed by atoms with van der Waals surface area (Å²) in [5.41, 5.74) is 3.60. The fraction of sp³-hybridized carbons (Fsp3) is 0.438.